The minimum atomic E-state index is 0.0954. The molecule has 36 heavy (non-hydrogen) atoms. The highest BCUT2D eigenvalue weighted by Gasteiger charge is 2.27. The third kappa shape index (κ3) is 6.56. The summed E-state index contributed by atoms with van der Waals surface area (Å²) in [7, 11) is 4.36. The number of hydrogen-bond donors (Lipinski definition) is 0. The van der Waals surface area contributed by atoms with Crippen LogP contribution in [0.4, 0.5) is 5.69 Å². The largest absolute Gasteiger partial charge is 0.369 e. The molecule has 4 nitrogen and oxygen atoms in total. The van der Waals surface area contributed by atoms with Crippen molar-refractivity contribution < 1.29 is 9.59 Å². The first kappa shape index (κ1) is 26.4. The van der Waals surface area contributed by atoms with Crippen LogP contribution in [0.3, 0.4) is 0 Å². The highest BCUT2D eigenvalue weighted by molar-refractivity contribution is 6.02. The summed E-state index contributed by atoms with van der Waals surface area (Å²) < 4.78 is 0. The van der Waals surface area contributed by atoms with Crippen LogP contribution in [-0.4, -0.2) is 49.2 Å². The molecule has 0 amide bonds. The van der Waals surface area contributed by atoms with Crippen molar-refractivity contribution in [3.8, 4) is 11.8 Å². The molecule has 0 atom stereocenters. The van der Waals surface area contributed by atoms with Crippen LogP contribution in [0.15, 0.2) is 41.0 Å². The summed E-state index contributed by atoms with van der Waals surface area (Å²) in [5.41, 5.74) is 5.68. The fraction of sp³-hybridized carbons (Fsp3) is 0.562. The number of carbonyl (C=O) groups is 2. The minimum Gasteiger partial charge on any atom is -0.369 e. The lowest BCUT2D eigenvalue weighted by molar-refractivity contribution is -0.115. The van der Waals surface area contributed by atoms with Crippen molar-refractivity contribution in [2.45, 2.75) is 90.6 Å². The third-order valence-electron chi connectivity index (χ3n) is 8.06. The molecule has 4 heteroatoms. The number of rotatable bonds is 8. The van der Waals surface area contributed by atoms with Crippen molar-refractivity contribution in [1.82, 2.24) is 4.90 Å². The Morgan fingerprint density at radius 3 is 2.31 bits per heavy atom. The normalized spacial score (nSPS) is 22.3. The summed E-state index contributed by atoms with van der Waals surface area (Å²) in [5.74, 6) is 7.51. The summed E-state index contributed by atoms with van der Waals surface area (Å²) in [6.07, 6.45) is 10.5. The predicted molar refractivity (Wildman–Crippen MR) is 148 cm³/mol. The molecule has 0 saturated heterocycles. The van der Waals surface area contributed by atoms with Crippen molar-refractivity contribution in [3.05, 3.63) is 52.1 Å². The number of nitrogens with zero attached hydrogens (tertiary/aromatic N) is 2. The molecule has 2 saturated carbocycles. The lowest BCUT2D eigenvalue weighted by Gasteiger charge is -2.39. The van der Waals surface area contributed by atoms with Crippen molar-refractivity contribution in [2.24, 2.45) is 5.92 Å². The average molecular weight is 487 g/mol. The predicted octanol–water partition coefficient (Wildman–Crippen LogP) is 6.35. The highest BCUT2D eigenvalue weighted by Crippen LogP contribution is 2.32. The first-order chi connectivity index (χ1) is 17.2. The van der Waals surface area contributed by atoms with Gasteiger partial charge in [-0.25, -0.2) is 0 Å². The number of anilines is 1. The molecule has 1 aromatic rings. The van der Waals surface area contributed by atoms with E-state index in [-0.39, 0.29) is 11.6 Å². The molecule has 1 aromatic carbocycles. The van der Waals surface area contributed by atoms with Crippen molar-refractivity contribution in [1.29, 1.82) is 0 Å². The molecule has 2 fully saturated rings. The Labute approximate surface area is 217 Å². The van der Waals surface area contributed by atoms with Gasteiger partial charge in [-0.2, -0.15) is 0 Å². The monoisotopic (exact) mass is 486 g/mol. The third-order valence-corrected chi connectivity index (χ3v) is 8.06. The van der Waals surface area contributed by atoms with Gasteiger partial charge >= 0.3 is 0 Å². The SMILES string of the molecule is CCN(c1cc(C#CC2CC2)cc(C(=O)CCC2=C(C)C=C(C)CC2=O)c1)C1CCC(N(C)C)CC1. The van der Waals surface area contributed by atoms with E-state index in [0.29, 0.717) is 37.3 Å². The van der Waals surface area contributed by atoms with Crippen LogP contribution >= 0.6 is 0 Å². The van der Waals surface area contributed by atoms with E-state index < -0.39 is 0 Å². The van der Waals surface area contributed by atoms with Crippen molar-refractivity contribution in [3.63, 3.8) is 0 Å². The van der Waals surface area contributed by atoms with Gasteiger partial charge in [0.05, 0.1) is 0 Å². The Bertz CT molecular complexity index is 1120. The molecule has 0 aliphatic heterocycles. The molecular formula is C32H42N2O2. The maximum absolute atomic E-state index is 13.4. The highest BCUT2D eigenvalue weighted by atomic mass is 16.1. The van der Waals surface area contributed by atoms with Gasteiger partial charge in [0, 0.05) is 54.2 Å². The minimum absolute atomic E-state index is 0.0954. The molecule has 0 N–H and O–H groups in total. The zero-order chi connectivity index (χ0) is 25.8. The summed E-state index contributed by atoms with van der Waals surface area (Å²) in [5, 5.41) is 0. The molecule has 0 heterocycles. The standard InChI is InChI=1S/C32H42N2O2/c1-6-34(28-13-11-27(12-14-28)33(4)5)29-20-25(10-9-24-7-8-24)19-26(21-29)31(35)16-15-30-23(3)17-22(2)18-32(30)36/h17,19-21,24,27-28H,6-8,11-16,18H2,1-5H3. The quantitative estimate of drug-likeness (QED) is 0.317. The lowest BCUT2D eigenvalue weighted by atomic mass is 9.88. The molecule has 192 valence electrons. The van der Waals surface area contributed by atoms with Gasteiger partial charge in [0.2, 0.25) is 0 Å². The van der Waals surface area contributed by atoms with E-state index in [9.17, 15) is 9.59 Å². The Morgan fingerprint density at radius 2 is 1.69 bits per heavy atom. The zero-order valence-electron chi connectivity index (χ0n) is 22.8. The molecule has 3 aliphatic carbocycles. The van der Waals surface area contributed by atoms with Crippen LogP contribution in [0.25, 0.3) is 0 Å². The van der Waals surface area contributed by atoms with E-state index in [4.69, 9.17) is 0 Å². The van der Waals surface area contributed by atoms with Gasteiger partial charge in [-0.1, -0.05) is 23.5 Å². The van der Waals surface area contributed by atoms with Gasteiger partial charge in [0.1, 0.15) is 0 Å². The average Bonchev–Trinajstić information content (AvgIpc) is 3.67. The summed E-state index contributed by atoms with van der Waals surface area (Å²) in [6.45, 7) is 7.10. The van der Waals surface area contributed by atoms with Gasteiger partial charge in [-0.3, -0.25) is 9.59 Å². The molecular weight excluding hydrogens is 444 g/mol. The summed E-state index contributed by atoms with van der Waals surface area (Å²) in [4.78, 5) is 30.8. The summed E-state index contributed by atoms with van der Waals surface area (Å²) in [6, 6.07) is 7.36. The number of hydrogen-bond acceptors (Lipinski definition) is 4. The first-order valence-corrected chi connectivity index (χ1v) is 13.8. The second-order valence-electron chi connectivity index (χ2n) is 11.2. The topological polar surface area (TPSA) is 40.6 Å². The van der Waals surface area contributed by atoms with Crippen LogP contribution in [0, 0.1) is 17.8 Å². The summed E-state index contributed by atoms with van der Waals surface area (Å²) >= 11 is 0. The van der Waals surface area contributed by atoms with Crippen LogP contribution in [0.2, 0.25) is 0 Å². The second-order valence-corrected chi connectivity index (χ2v) is 11.2. The fourth-order valence-corrected chi connectivity index (χ4v) is 5.77. The van der Waals surface area contributed by atoms with E-state index in [1.54, 1.807) is 0 Å². The Morgan fingerprint density at radius 1 is 1.00 bits per heavy atom. The maximum atomic E-state index is 13.4. The van der Waals surface area contributed by atoms with Gasteiger partial charge in [-0.05, 0) is 109 Å². The Kier molecular flexibility index (Phi) is 8.52. The zero-order valence-corrected chi connectivity index (χ0v) is 22.8. The Balaban J connectivity index is 1.56. The molecule has 0 aromatic heterocycles. The van der Waals surface area contributed by atoms with Crippen molar-refractivity contribution in [2.75, 3.05) is 25.5 Å². The van der Waals surface area contributed by atoms with E-state index in [1.165, 1.54) is 38.5 Å². The number of Topliss-reactive ketones (excluding diaryl/α,β-unsaturated/α-hetero) is 2. The molecule has 0 radical (unpaired) electrons. The maximum Gasteiger partial charge on any atom is 0.163 e. The van der Waals surface area contributed by atoms with Gasteiger partial charge < -0.3 is 9.80 Å². The number of ketones is 2. The molecule has 0 bridgehead atoms. The fourth-order valence-electron chi connectivity index (χ4n) is 5.77. The number of benzene rings is 1. The van der Waals surface area contributed by atoms with Crippen LogP contribution in [0.1, 0.15) is 94.5 Å². The van der Waals surface area contributed by atoms with E-state index in [1.807, 2.05) is 19.9 Å². The molecule has 0 spiro atoms. The number of allylic oxidation sites excluding steroid dienone is 4. The van der Waals surface area contributed by atoms with Crippen LogP contribution in [0.5, 0.6) is 0 Å². The van der Waals surface area contributed by atoms with Gasteiger partial charge in [0.25, 0.3) is 0 Å². The van der Waals surface area contributed by atoms with E-state index >= 15 is 0 Å². The van der Waals surface area contributed by atoms with E-state index in [0.717, 1.165) is 40.1 Å². The molecule has 3 aliphatic rings. The van der Waals surface area contributed by atoms with E-state index in [2.05, 4.69) is 60.9 Å². The second kappa shape index (κ2) is 11.6. The molecule has 4 rings (SSSR count). The van der Waals surface area contributed by atoms with Gasteiger partial charge in [-0.15, -0.1) is 0 Å². The van der Waals surface area contributed by atoms with Crippen molar-refractivity contribution >= 4 is 17.3 Å². The Hall–Kier alpha value is -2.64. The van der Waals surface area contributed by atoms with Crippen LogP contribution < -0.4 is 4.90 Å². The lowest BCUT2D eigenvalue weighted by Crippen LogP contribution is -2.42. The number of carbonyl (C=O) groups excluding carboxylic acids is 2. The van der Waals surface area contributed by atoms with Crippen LogP contribution in [-0.2, 0) is 4.79 Å². The smallest absolute Gasteiger partial charge is 0.163 e. The molecule has 0 unspecified atom stereocenters. The van der Waals surface area contributed by atoms with Gasteiger partial charge in [0.15, 0.2) is 11.6 Å². The first-order valence-electron chi connectivity index (χ1n) is 13.8.